The fourth-order valence-corrected chi connectivity index (χ4v) is 5.33. The summed E-state index contributed by atoms with van der Waals surface area (Å²) >= 11 is 8.28. The zero-order valence-corrected chi connectivity index (χ0v) is 19.3. The van der Waals surface area contributed by atoms with E-state index in [4.69, 9.17) is 21.6 Å². The number of para-hydroxylation sites is 1. The van der Waals surface area contributed by atoms with Crippen LogP contribution in [-0.2, 0) is 0 Å². The maximum Gasteiger partial charge on any atom is 0.226 e. The van der Waals surface area contributed by atoms with Crippen LogP contribution in [0.25, 0.3) is 20.8 Å². The van der Waals surface area contributed by atoms with Crippen molar-refractivity contribution in [2.75, 3.05) is 17.2 Å². The molecule has 1 unspecified atom stereocenters. The van der Waals surface area contributed by atoms with Gasteiger partial charge in [-0.3, -0.25) is 0 Å². The normalized spacial score (nSPS) is 21.9. The molecule has 0 aliphatic heterocycles. The van der Waals surface area contributed by atoms with E-state index in [1.807, 2.05) is 18.2 Å². The van der Waals surface area contributed by atoms with Crippen molar-refractivity contribution >= 4 is 44.9 Å². The lowest BCUT2D eigenvalue weighted by molar-refractivity contribution is 0.226. The van der Waals surface area contributed by atoms with Crippen molar-refractivity contribution < 1.29 is 5.11 Å². The molecule has 2 heterocycles. The lowest BCUT2D eigenvalue weighted by Gasteiger charge is -2.24. The van der Waals surface area contributed by atoms with E-state index in [0.29, 0.717) is 28.8 Å². The number of aliphatic hydroxyl groups is 1. The van der Waals surface area contributed by atoms with Gasteiger partial charge in [0.2, 0.25) is 5.95 Å². The van der Waals surface area contributed by atoms with Crippen molar-refractivity contribution in [3.8, 4) is 10.6 Å². The zero-order chi connectivity index (χ0) is 21.5. The average Bonchev–Trinajstić information content (AvgIpc) is 3.23. The summed E-state index contributed by atoms with van der Waals surface area (Å²) in [4.78, 5) is 14.1. The molecule has 1 aliphatic rings. The van der Waals surface area contributed by atoms with Crippen molar-refractivity contribution in [3.05, 3.63) is 29.4 Å². The molecule has 0 amide bonds. The number of hydrogen-bond donors (Lipinski definition) is 3. The number of hydrogen-bond acceptors (Lipinski definition) is 7. The Morgan fingerprint density at radius 1 is 1.17 bits per heavy atom. The lowest BCUT2D eigenvalue weighted by Crippen LogP contribution is -2.28. The second-order valence-electron chi connectivity index (χ2n) is 9.17. The quantitative estimate of drug-likeness (QED) is 0.454. The van der Waals surface area contributed by atoms with E-state index < -0.39 is 0 Å². The first-order valence-corrected chi connectivity index (χ1v) is 11.5. The Morgan fingerprint density at radius 3 is 2.60 bits per heavy atom. The first-order valence-electron chi connectivity index (χ1n) is 10.3. The molecule has 0 radical (unpaired) electrons. The maximum absolute atomic E-state index is 9.60. The van der Waals surface area contributed by atoms with Gasteiger partial charge in [-0.2, -0.15) is 4.98 Å². The predicted octanol–water partition coefficient (Wildman–Crippen LogP) is 5.44. The Labute approximate surface area is 186 Å². The molecule has 30 heavy (non-hydrogen) atoms. The van der Waals surface area contributed by atoms with Gasteiger partial charge in [-0.05, 0) is 57.6 Å². The number of fused-ring (bicyclic) bond motifs is 1. The van der Waals surface area contributed by atoms with E-state index >= 15 is 0 Å². The third-order valence-electron chi connectivity index (χ3n) is 5.42. The van der Waals surface area contributed by atoms with Crippen LogP contribution in [0, 0.1) is 11.8 Å². The van der Waals surface area contributed by atoms with Gasteiger partial charge in [-0.15, -0.1) is 11.3 Å². The molecule has 1 fully saturated rings. The number of benzene rings is 1. The minimum atomic E-state index is -0.194. The molecule has 4 rings (SSSR count). The summed E-state index contributed by atoms with van der Waals surface area (Å²) in [5, 5.41) is 17.7. The Kier molecular flexibility index (Phi) is 5.88. The summed E-state index contributed by atoms with van der Waals surface area (Å²) < 4.78 is 1.10. The van der Waals surface area contributed by atoms with Gasteiger partial charge in [0.05, 0.1) is 15.8 Å². The van der Waals surface area contributed by atoms with Crippen molar-refractivity contribution in [1.29, 1.82) is 0 Å². The van der Waals surface area contributed by atoms with Gasteiger partial charge in [0.1, 0.15) is 16.0 Å². The number of nitrogens with zero attached hydrogens (tertiary/aromatic N) is 3. The predicted molar refractivity (Wildman–Crippen MR) is 125 cm³/mol. The van der Waals surface area contributed by atoms with Crippen LogP contribution < -0.4 is 10.6 Å². The molecule has 3 aromatic rings. The number of rotatable bonds is 5. The van der Waals surface area contributed by atoms with Crippen LogP contribution in [-0.4, -0.2) is 38.2 Å². The van der Waals surface area contributed by atoms with Crippen LogP contribution in [0.2, 0.25) is 5.15 Å². The maximum atomic E-state index is 9.60. The number of aromatic nitrogens is 3. The van der Waals surface area contributed by atoms with Gasteiger partial charge in [0.25, 0.3) is 0 Å². The summed E-state index contributed by atoms with van der Waals surface area (Å²) in [5.41, 5.74) is 1.48. The highest BCUT2D eigenvalue weighted by Crippen LogP contribution is 2.40. The molecule has 1 aliphatic carbocycles. The van der Waals surface area contributed by atoms with E-state index in [0.717, 1.165) is 33.6 Å². The topological polar surface area (TPSA) is 83.0 Å². The fraction of sp³-hybridized carbons (Fsp3) is 0.500. The molecule has 3 atom stereocenters. The molecular formula is C22H28ClN5OS. The van der Waals surface area contributed by atoms with Crippen molar-refractivity contribution in [2.45, 2.75) is 52.1 Å². The van der Waals surface area contributed by atoms with Gasteiger partial charge >= 0.3 is 0 Å². The molecular weight excluding hydrogens is 418 g/mol. The molecule has 0 saturated heterocycles. The SMILES string of the molecule is C[C@@H]1C[C@@H](CO)CC1Nc1nc(NC(C)(C)C)nc(Cl)c1-c1nc2ccccc2s1. The first kappa shape index (κ1) is 21.3. The monoisotopic (exact) mass is 445 g/mol. The van der Waals surface area contributed by atoms with E-state index in [9.17, 15) is 5.11 Å². The Balaban J connectivity index is 1.77. The molecule has 0 spiro atoms. The highest BCUT2D eigenvalue weighted by molar-refractivity contribution is 7.21. The summed E-state index contributed by atoms with van der Waals surface area (Å²) in [5.74, 6) is 1.92. The van der Waals surface area contributed by atoms with Crippen molar-refractivity contribution in [2.24, 2.45) is 11.8 Å². The minimum Gasteiger partial charge on any atom is -0.396 e. The van der Waals surface area contributed by atoms with E-state index in [2.05, 4.69) is 49.4 Å². The number of halogens is 1. The molecule has 8 heteroatoms. The van der Waals surface area contributed by atoms with Gasteiger partial charge in [0.15, 0.2) is 0 Å². The molecule has 1 aromatic carbocycles. The van der Waals surface area contributed by atoms with E-state index in [1.54, 1.807) is 11.3 Å². The number of anilines is 2. The van der Waals surface area contributed by atoms with E-state index in [-0.39, 0.29) is 18.2 Å². The molecule has 3 N–H and O–H groups in total. The zero-order valence-electron chi connectivity index (χ0n) is 17.7. The van der Waals surface area contributed by atoms with Crippen LogP contribution in [0.15, 0.2) is 24.3 Å². The van der Waals surface area contributed by atoms with Crippen molar-refractivity contribution in [3.63, 3.8) is 0 Å². The average molecular weight is 446 g/mol. The second-order valence-corrected chi connectivity index (χ2v) is 10.6. The third kappa shape index (κ3) is 4.53. The van der Waals surface area contributed by atoms with Gasteiger partial charge in [-0.1, -0.05) is 30.7 Å². The van der Waals surface area contributed by atoms with Crippen LogP contribution >= 0.6 is 22.9 Å². The first-order chi connectivity index (χ1) is 14.2. The fourth-order valence-electron chi connectivity index (χ4n) is 4.00. The lowest BCUT2D eigenvalue weighted by atomic mass is 10.1. The Bertz CT molecular complexity index is 1010. The van der Waals surface area contributed by atoms with Crippen molar-refractivity contribution in [1.82, 2.24) is 15.0 Å². The largest absolute Gasteiger partial charge is 0.396 e. The number of aliphatic hydroxyl groups excluding tert-OH is 1. The van der Waals surface area contributed by atoms with Crippen LogP contribution in [0.5, 0.6) is 0 Å². The molecule has 6 nitrogen and oxygen atoms in total. The minimum absolute atomic E-state index is 0.194. The van der Waals surface area contributed by atoms with Gasteiger partial charge in [-0.25, -0.2) is 9.97 Å². The van der Waals surface area contributed by atoms with Crippen LogP contribution in [0.3, 0.4) is 0 Å². The highest BCUT2D eigenvalue weighted by atomic mass is 35.5. The van der Waals surface area contributed by atoms with Gasteiger partial charge in [0, 0.05) is 18.2 Å². The number of nitrogens with one attached hydrogen (secondary N) is 2. The molecule has 160 valence electrons. The van der Waals surface area contributed by atoms with Crippen LogP contribution in [0.1, 0.15) is 40.5 Å². The molecule has 2 aromatic heterocycles. The Morgan fingerprint density at radius 2 is 1.93 bits per heavy atom. The third-order valence-corrected chi connectivity index (χ3v) is 6.75. The Hall–Kier alpha value is -1.96. The molecule has 1 saturated carbocycles. The highest BCUT2D eigenvalue weighted by Gasteiger charge is 2.32. The molecule has 0 bridgehead atoms. The van der Waals surface area contributed by atoms with Crippen LogP contribution in [0.4, 0.5) is 11.8 Å². The van der Waals surface area contributed by atoms with Gasteiger partial charge < -0.3 is 15.7 Å². The number of thiazole rings is 1. The summed E-state index contributed by atoms with van der Waals surface area (Å²) in [6.07, 6.45) is 1.90. The second kappa shape index (κ2) is 8.29. The summed E-state index contributed by atoms with van der Waals surface area (Å²) in [7, 11) is 0. The van der Waals surface area contributed by atoms with E-state index in [1.165, 1.54) is 0 Å². The standard InChI is InChI=1S/C22H28ClN5OS/c1-12-9-13(11-29)10-15(12)24-19-17(18(23)26-21(27-19)28-22(2,3)4)20-25-14-7-5-6-8-16(14)30-20/h5-8,12-13,15,29H,9-11H2,1-4H3,(H2,24,26,27,28)/t12-,13-,15?/m1/s1. The summed E-state index contributed by atoms with van der Waals surface area (Å²) in [6, 6.07) is 8.25. The summed E-state index contributed by atoms with van der Waals surface area (Å²) in [6.45, 7) is 8.60. The smallest absolute Gasteiger partial charge is 0.226 e.